The summed E-state index contributed by atoms with van der Waals surface area (Å²) in [7, 11) is 0. The Morgan fingerprint density at radius 2 is 1.88 bits per heavy atom. The molecule has 11 atom stereocenters. The van der Waals surface area contributed by atoms with E-state index < -0.39 is 85.6 Å². The van der Waals surface area contributed by atoms with E-state index in [0.717, 1.165) is 0 Å². The Labute approximate surface area is 191 Å². The molecule has 3 aliphatic rings. The van der Waals surface area contributed by atoms with Gasteiger partial charge >= 0.3 is 5.97 Å². The van der Waals surface area contributed by atoms with Crippen molar-refractivity contribution in [3.8, 4) is 0 Å². The summed E-state index contributed by atoms with van der Waals surface area (Å²) in [6, 6.07) is 0. The second kappa shape index (κ2) is 10.5. The molecule has 2 fully saturated rings. The lowest BCUT2D eigenvalue weighted by Crippen LogP contribution is -2.59. The van der Waals surface area contributed by atoms with E-state index in [2.05, 4.69) is 0 Å². The summed E-state index contributed by atoms with van der Waals surface area (Å²) in [4.78, 5) is 12.3. The van der Waals surface area contributed by atoms with Gasteiger partial charge in [-0.1, -0.05) is 13.8 Å². The van der Waals surface area contributed by atoms with E-state index in [0.29, 0.717) is 12.0 Å². The van der Waals surface area contributed by atoms with E-state index in [1.165, 1.54) is 6.26 Å². The molecule has 2 heterocycles. The van der Waals surface area contributed by atoms with Gasteiger partial charge in [0.2, 0.25) is 6.29 Å². The normalized spacial score (nSPS) is 43.9. The number of aliphatic hydroxyl groups excluding tert-OH is 6. The van der Waals surface area contributed by atoms with Crippen LogP contribution >= 0.6 is 0 Å². The average Bonchev–Trinajstić information content (AvgIpc) is 3.08. The first-order chi connectivity index (χ1) is 15.6. The summed E-state index contributed by atoms with van der Waals surface area (Å²) in [6.07, 6.45) is -8.03. The summed E-state index contributed by atoms with van der Waals surface area (Å²) in [5.74, 6) is -2.56. The Morgan fingerprint density at radius 3 is 2.48 bits per heavy atom. The molecule has 3 rings (SSSR count). The minimum absolute atomic E-state index is 0.0202. The summed E-state index contributed by atoms with van der Waals surface area (Å²) >= 11 is 0. The van der Waals surface area contributed by atoms with Gasteiger partial charge in [-0.2, -0.15) is 0 Å². The highest BCUT2D eigenvalue weighted by molar-refractivity contribution is 5.72. The number of esters is 1. The number of rotatable bonds is 8. The number of hydrogen-bond donors (Lipinski definition) is 7. The van der Waals surface area contributed by atoms with Crippen molar-refractivity contribution in [2.24, 2.45) is 17.8 Å². The highest BCUT2D eigenvalue weighted by Gasteiger charge is 2.60. The topological polar surface area (TPSA) is 196 Å². The highest BCUT2D eigenvalue weighted by atomic mass is 16.7. The molecule has 0 bridgehead atoms. The molecule has 0 spiro atoms. The quantitative estimate of drug-likeness (QED) is 0.179. The molecule has 7 N–H and O–H groups in total. The van der Waals surface area contributed by atoms with Gasteiger partial charge in [0.05, 0.1) is 44.0 Å². The van der Waals surface area contributed by atoms with Crippen LogP contribution in [0.3, 0.4) is 0 Å². The van der Waals surface area contributed by atoms with Gasteiger partial charge in [-0.3, -0.25) is 4.79 Å². The van der Waals surface area contributed by atoms with Crippen LogP contribution in [0.15, 0.2) is 11.8 Å². The van der Waals surface area contributed by atoms with E-state index in [9.17, 15) is 40.5 Å². The Morgan fingerprint density at radius 1 is 1.18 bits per heavy atom. The third kappa shape index (κ3) is 4.90. The second-order valence-corrected chi connectivity index (χ2v) is 8.98. The fourth-order valence-electron chi connectivity index (χ4n) is 4.53. The van der Waals surface area contributed by atoms with Crippen molar-refractivity contribution >= 4 is 5.97 Å². The maximum Gasteiger partial charge on any atom is 0.311 e. The van der Waals surface area contributed by atoms with Crippen LogP contribution in [0.1, 0.15) is 26.7 Å². The third-order valence-corrected chi connectivity index (χ3v) is 6.95. The second-order valence-electron chi connectivity index (χ2n) is 8.98. The van der Waals surface area contributed by atoms with Crippen molar-refractivity contribution in [2.45, 2.75) is 75.4 Å². The molecule has 0 aromatic rings. The molecule has 0 amide bonds. The highest BCUT2D eigenvalue weighted by Crippen LogP contribution is 2.49. The molecule has 3 unspecified atom stereocenters. The average molecular weight is 478 g/mol. The first-order valence-corrected chi connectivity index (χ1v) is 11.1. The van der Waals surface area contributed by atoms with Gasteiger partial charge in [-0.05, 0) is 18.4 Å². The van der Waals surface area contributed by atoms with E-state index in [-0.39, 0.29) is 13.0 Å². The van der Waals surface area contributed by atoms with Gasteiger partial charge < -0.3 is 54.7 Å². The number of carbonyl (C=O) groups is 1. The smallest absolute Gasteiger partial charge is 0.311 e. The minimum Gasteiger partial charge on any atom is -0.462 e. The SMILES string of the molecule is CCC(C)C(=O)O[C@@H]1OC=C(CO[C@@H]2O[C@H](CO)[C@@H](O)[C@H](O)[C@H]2O)C2C[C@H](O)[C@](O)(CO)C21. The van der Waals surface area contributed by atoms with Gasteiger partial charge in [0, 0.05) is 5.92 Å². The predicted octanol–water partition coefficient (Wildman–Crippen LogP) is -2.65. The standard InChI is InChI=1S/C21H34O12/c1-3-9(2)18(28)33-19-14-11(4-13(24)21(14,29)8-23)10(6-30-19)7-31-20-17(27)16(26)15(25)12(5-22)32-20/h6,9,11-17,19-20,22-27,29H,3-5,7-8H2,1-2H3/t9?,11?,12-,13+,14?,15-,16+,17-,19+,20-,21-/m1/s1. The summed E-state index contributed by atoms with van der Waals surface area (Å²) in [5.41, 5.74) is -1.57. The molecule has 0 radical (unpaired) electrons. The van der Waals surface area contributed by atoms with E-state index in [1.54, 1.807) is 6.92 Å². The lowest BCUT2D eigenvalue weighted by atomic mass is 9.80. The monoisotopic (exact) mass is 478 g/mol. The van der Waals surface area contributed by atoms with Crippen LogP contribution in [0, 0.1) is 17.8 Å². The van der Waals surface area contributed by atoms with Crippen molar-refractivity contribution < 1.29 is 59.5 Å². The molecule has 0 aromatic carbocycles. The lowest BCUT2D eigenvalue weighted by Gasteiger charge is -2.41. The maximum absolute atomic E-state index is 12.3. The zero-order valence-corrected chi connectivity index (χ0v) is 18.6. The van der Waals surface area contributed by atoms with Crippen LogP contribution in [0.2, 0.25) is 0 Å². The van der Waals surface area contributed by atoms with Gasteiger partial charge in [0.1, 0.15) is 30.0 Å². The molecule has 12 nitrogen and oxygen atoms in total. The summed E-state index contributed by atoms with van der Waals surface area (Å²) in [5, 5.41) is 70.5. The van der Waals surface area contributed by atoms with Crippen molar-refractivity contribution in [2.75, 3.05) is 19.8 Å². The number of carbonyl (C=O) groups excluding carboxylic acids is 1. The van der Waals surface area contributed by atoms with Crippen molar-refractivity contribution in [3.63, 3.8) is 0 Å². The zero-order valence-electron chi connectivity index (χ0n) is 18.6. The predicted molar refractivity (Wildman–Crippen MR) is 108 cm³/mol. The molecule has 1 saturated carbocycles. The lowest BCUT2D eigenvalue weighted by molar-refractivity contribution is -0.299. The molecule has 0 aromatic heterocycles. The van der Waals surface area contributed by atoms with Crippen LogP contribution in [-0.4, -0.2) is 110 Å². The summed E-state index contributed by atoms with van der Waals surface area (Å²) < 4.78 is 21.9. The third-order valence-electron chi connectivity index (χ3n) is 6.95. The zero-order chi connectivity index (χ0) is 24.5. The Hall–Kier alpha value is -1.35. The Bertz CT molecular complexity index is 713. The molecule has 190 valence electrons. The maximum atomic E-state index is 12.3. The molecule has 12 heteroatoms. The Kier molecular flexibility index (Phi) is 8.36. The van der Waals surface area contributed by atoms with E-state index >= 15 is 0 Å². The van der Waals surface area contributed by atoms with Crippen LogP contribution < -0.4 is 0 Å². The van der Waals surface area contributed by atoms with E-state index in [4.69, 9.17) is 18.9 Å². The van der Waals surface area contributed by atoms with Crippen LogP contribution in [0.5, 0.6) is 0 Å². The van der Waals surface area contributed by atoms with E-state index in [1.807, 2.05) is 6.92 Å². The first kappa shape index (κ1) is 26.3. The fourth-order valence-corrected chi connectivity index (χ4v) is 4.53. The van der Waals surface area contributed by atoms with Crippen LogP contribution in [0.4, 0.5) is 0 Å². The fraction of sp³-hybridized carbons (Fsp3) is 0.857. The molecular formula is C21H34O12. The van der Waals surface area contributed by atoms with Crippen molar-refractivity contribution in [1.82, 2.24) is 0 Å². The molecule has 33 heavy (non-hydrogen) atoms. The number of hydrogen-bond acceptors (Lipinski definition) is 12. The Balaban J connectivity index is 1.76. The molecule has 2 aliphatic heterocycles. The van der Waals surface area contributed by atoms with Gasteiger partial charge in [-0.15, -0.1) is 0 Å². The number of ether oxygens (including phenoxy) is 4. The van der Waals surface area contributed by atoms with Gasteiger partial charge in [0.25, 0.3) is 0 Å². The van der Waals surface area contributed by atoms with Gasteiger partial charge in [0.15, 0.2) is 6.29 Å². The van der Waals surface area contributed by atoms with Crippen LogP contribution in [0.25, 0.3) is 0 Å². The van der Waals surface area contributed by atoms with Crippen molar-refractivity contribution in [3.05, 3.63) is 11.8 Å². The molecular weight excluding hydrogens is 444 g/mol. The molecule has 1 aliphatic carbocycles. The number of fused-ring (bicyclic) bond motifs is 1. The molecule has 1 saturated heterocycles. The van der Waals surface area contributed by atoms with Crippen LogP contribution in [-0.2, 0) is 23.7 Å². The largest absolute Gasteiger partial charge is 0.462 e. The first-order valence-electron chi connectivity index (χ1n) is 11.1. The van der Waals surface area contributed by atoms with Gasteiger partial charge in [-0.25, -0.2) is 0 Å². The summed E-state index contributed by atoms with van der Waals surface area (Å²) in [6.45, 7) is 1.86. The number of aliphatic hydroxyl groups is 7. The van der Waals surface area contributed by atoms with Crippen molar-refractivity contribution in [1.29, 1.82) is 0 Å². The minimum atomic E-state index is -1.99.